The Hall–Kier alpha value is -1.52. The van der Waals surface area contributed by atoms with E-state index in [0.717, 1.165) is 32.5 Å². The van der Waals surface area contributed by atoms with Crippen molar-refractivity contribution in [3.63, 3.8) is 0 Å². The first-order chi connectivity index (χ1) is 13.0. The highest BCUT2D eigenvalue weighted by atomic mass is 32.2. The van der Waals surface area contributed by atoms with Crippen molar-refractivity contribution in [3.8, 4) is 0 Å². The summed E-state index contributed by atoms with van der Waals surface area (Å²) in [7, 11) is -2.18. The normalized spacial score (nSPS) is 17.3. The Morgan fingerprint density at radius 3 is 2.63 bits per heavy atom. The molecule has 1 amide bonds. The van der Waals surface area contributed by atoms with Crippen LogP contribution >= 0.6 is 34.0 Å². The van der Waals surface area contributed by atoms with Gasteiger partial charge >= 0.3 is 0 Å². The van der Waals surface area contributed by atoms with Gasteiger partial charge in [0.05, 0.1) is 12.6 Å². The Morgan fingerprint density at radius 2 is 1.93 bits per heavy atom. The van der Waals surface area contributed by atoms with E-state index in [1.54, 1.807) is 40.2 Å². The summed E-state index contributed by atoms with van der Waals surface area (Å²) in [5.41, 5.74) is 1.16. The highest BCUT2D eigenvalue weighted by Crippen LogP contribution is 2.39. The SMILES string of the molecule is CN(CC(=O)N1CCc2sccc2[C@@H]1c1cccs1)S(=O)(=O)c1cccs1. The van der Waals surface area contributed by atoms with Crippen LogP contribution < -0.4 is 0 Å². The van der Waals surface area contributed by atoms with Crippen molar-refractivity contribution < 1.29 is 13.2 Å². The molecule has 0 N–H and O–H groups in total. The number of sulfonamides is 1. The molecule has 0 bridgehead atoms. The maximum Gasteiger partial charge on any atom is 0.252 e. The number of likely N-dealkylation sites (N-methyl/N-ethyl adjacent to an activating group) is 1. The second kappa shape index (κ2) is 7.48. The molecule has 1 aliphatic heterocycles. The molecule has 3 aromatic rings. The van der Waals surface area contributed by atoms with Gasteiger partial charge in [0.1, 0.15) is 4.21 Å². The Labute approximate surface area is 170 Å². The lowest BCUT2D eigenvalue weighted by Crippen LogP contribution is -2.45. The Bertz CT molecular complexity index is 1020. The Morgan fingerprint density at radius 1 is 1.15 bits per heavy atom. The van der Waals surface area contributed by atoms with Gasteiger partial charge in [-0.05, 0) is 46.3 Å². The zero-order valence-corrected chi connectivity index (χ0v) is 17.8. The third-order valence-electron chi connectivity index (χ3n) is 4.62. The van der Waals surface area contributed by atoms with Crippen LogP contribution in [-0.2, 0) is 21.2 Å². The summed E-state index contributed by atoms with van der Waals surface area (Å²) >= 11 is 4.50. The van der Waals surface area contributed by atoms with E-state index in [2.05, 4.69) is 11.4 Å². The second-order valence-electron chi connectivity index (χ2n) is 6.25. The molecule has 0 fully saturated rings. The number of hydrogen-bond acceptors (Lipinski definition) is 6. The van der Waals surface area contributed by atoms with E-state index in [1.807, 2.05) is 22.4 Å². The zero-order chi connectivity index (χ0) is 19.0. The van der Waals surface area contributed by atoms with E-state index in [0.29, 0.717) is 6.54 Å². The summed E-state index contributed by atoms with van der Waals surface area (Å²) in [5.74, 6) is -0.173. The predicted octanol–water partition coefficient (Wildman–Crippen LogP) is 3.67. The molecule has 1 aliphatic rings. The maximum absolute atomic E-state index is 13.1. The van der Waals surface area contributed by atoms with Gasteiger partial charge in [-0.25, -0.2) is 8.42 Å². The van der Waals surface area contributed by atoms with Crippen LogP contribution in [-0.4, -0.2) is 43.7 Å². The molecule has 4 rings (SSSR count). The number of thiophene rings is 3. The molecule has 0 unspecified atom stereocenters. The first kappa shape index (κ1) is 18.8. The third kappa shape index (κ3) is 3.50. The van der Waals surface area contributed by atoms with Crippen molar-refractivity contribution in [2.45, 2.75) is 16.7 Å². The average molecular weight is 439 g/mol. The summed E-state index contributed by atoms with van der Waals surface area (Å²) < 4.78 is 26.7. The van der Waals surface area contributed by atoms with Crippen LogP contribution in [0.3, 0.4) is 0 Å². The number of hydrogen-bond donors (Lipinski definition) is 0. The number of nitrogens with zero attached hydrogens (tertiary/aromatic N) is 2. The number of rotatable bonds is 5. The van der Waals surface area contributed by atoms with Gasteiger partial charge in [-0.3, -0.25) is 4.79 Å². The lowest BCUT2D eigenvalue weighted by atomic mass is 9.98. The second-order valence-corrected chi connectivity index (χ2v) is 11.4. The summed E-state index contributed by atoms with van der Waals surface area (Å²) in [6.07, 6.45) is 0.808. The van der Waals surface area contributed by atoms with Gasteiger partial charge in [0.25, 0.3) is 10.0 Å². The van der Waals surface area contributed by atoms with Crippen LogP contribution in [0, 0.1) is 0 Å². The highest BCUT2D eigenvalue weighted by molar-refractivity contribution is 7.91. The fraction of sp³-hybridized carbons (Fsp3) is 0.278. The molecule has 0 radical (unpaired) electrons. The van der Waals surface area contributed by atoms with Gasteiger partial charge in [0.15, 0.2) is 0 Å². The molecule has 1 atom stereocenters. The van der Waals surface area contributed by atoms with Crippen molar-refractivity contribution >= 4 is 49.9 Å². The number of carbonyl (C=O) groups excluding carboxylic acids is 1. The Kier molecular flexibility index (Phi) is 5.21. The first-order valence-electron chi connectivity index (χ1n) is 8.37. The topological polar surface area (TPSA) is 57.7 Å². The minimum atomic E-state index is -3.64. The van der Waals surface area contributed by atoms with Crippen molar-refractivity contribution in [2.24, 2.45) is 0 Å². The van der Waals surface area contributed by atoms with Crippen LogP contribution in [0.1, 0.15) is 21.4 Å². The van der Waals surface area contributed by atoms with Gasteiger partial charge in [-0.2, -0.15) is 4.31 Å². The van der Waals surface area contributed by atoms with Crippen LogP contribution in [0.2, 0.25) is 0 Å². The van der Waals surface area contributed by atoms with Gasteiger partial charge in [0.2, 0.25) is 5.91 Å². The molecule has 0 aromatic carbocycles. The molecule has 0 saturated carbocycles. The van der Waals surface area contributed by atoms with E-state index in [-0.39, 0.29) is 22.7 Å². The molecule has 0 saturated heterocycles. The lowest BCUT2D eigenvalue weighted by Gasteiger charge is -2.36. The molecule has 9 heteroatoms. The molecule has 3 aromatic heterocycles. The number of fused-ring (bicyclic) bond motifs is 1. The van der Waals surface area contributed by atoms with Crippen LogP contribution in [0.15, 0.2) is 50.7 Å². The van der Waals surface area contributed by atoms with Crippen molar-refractivity contribution in [1.29, 1.82) is 0 Å². The maximum atomic E-state index is 13.1. The Balaban J connectivity index is 1.59. The fourth-order valence-electron chi connectivity index (χ4n) is 3.27. The predicted molar refractivity (Wildman–Crippen MR) is 110 cm³/mol. The van der Waals surface area contributed by atoms with Gasteiger partial charge in [0, 0.05) is 23.3 Å². The average Bonchev–Trinajstić information content (AvgIpc) is 3.42. The van der Waals surface area contributed by atoms with E-state index >= 15 is 0 Å². The number of carbonyl (C=O) groups is 1. The monoisotopic (exact) mass is 438 g/mol. The van der Waals surface area contributed by atoms with E-state index in [9.17, 15) is 13.2 Å². The van der Waals surface area contributed by atoms with Gasteiger partial charge < -0.3 is 4.90 Å². The summed E-state index contributed by atoms with van der Waals surface area (Å²) in [4.78, 5) is 17.3. The summed E-state index contributed by atoms with van der Waals surface area (Å²) in [5, 5.41) is 5.79. The lowest BCUT2D eigenvalue weighted by molar-refractivity contribution is -0.133. The minimum Gasteiger partial charge on any atom is -0.329 e. The molecule has 0 aliphatic carbocycles. The molecule has 142 valence electrons. The summed E-state index contributed by atoms with van der Waals surface area (Å²) in [6.45, 7) is 0.434. The minimum absolute atomic E-state index is 0.134. The fourth-order valence-corrected chi connectivity index (χ4v) is 7.35. The highest BCUT2D eigenvalue weighted by Gasteiger charge is 2.35. The molecule has 27 heavy (non-hydrogen) atoms. The van der Waals surface area contributed by atoms with E-state index < -0.39 is 10.0 Å². The number of amides is 1. The first-order valence-corrected chi connectivity index (χ1v) is 12.5. The quantitative estimate of drug-likeness (QED) is 0.611. The molecule has 4 heterocycles. The van der Waals surface area contributed by atoms with Crippen LogP contribution in [0.25, 0.3) is 0 Å². The van der Waals surface area contributed by atoms with Gasteiger partial charge in [-0.1, -0.05) is 12.1 Å². The molecule has 0 spiro atoms. The standard InChI is InChI=1S/C18H18N2O3S4/c1-19(27(22,23)17-5-3-10-26-17)12-16(21)20-8-6-14-13(7-11-25-14)18(20)15-4-2-9-24-15/h2-5,7,9-11,18H,6,8,12H2,1H3/t18-/m1/s1. The molecular weight excluding hydrogens is 420 g/mol. The molecular formula is C18H18N2O3S4. The van der Waals surface area contributed by atoms with E-state index in [4.69, 9.17) is 0 Å². The largest absolute Gasteiger partial charge is 0.329 e. The van der Waals surface area contributed by atoms with Crippen molar-refractivity contribution in [1.82, 2.24) is 9.21 Å². The van der Waals surface area contributed by atoms with Crippen LogP contribution in [0.5, 0.6) is 0 Å². The third-order valence-corrected chi connectivity index (χ3v) is 9.71. The zero-order valence-electron chi connectivity index (χ0n) is 14.6. The van der Waals surface area contributed by atoms with Gasteiger partial charge in [-0.15, -0.1) is 34.0 Å². The molecule has 5 nitrogen and oxygen atoms in total. The van der Waals surface area contributed by atoms with Crippen LogP contribution in [0.4, 0.5) is 0 Å². The van der Waals surface area contributed by atoms with E-state index in [1.165, 1.54) is 11.9 Å². The van der Waals surface area contributed by atoms with Crippen molar-refractivity contribution in [3.05, 3.63) is 61.8 Å². The smallest absolute Gasteiger partial charge is 0.252 e. The van der Waals surface area contributed by atoms with Crippen molar-refractivity contribution in [2.75, 3.05) is 20.1 Å². The summed E-state index contributed by atoms with van der Waals surface area (Å²) in [6, 6.07) is 9.23.